The maximum Gasteiger partial charge on any atom is 0.258 e. The lowest BCUT2D eigenvalue weighted by Gasteiger charge is -2.34. The van der Waals surface area contributed by atoms with Gasteiger partial charge in [0.2, 0.25) is 0 Å². The molecule has 2 nitrogen and oxygen atoms in total. The Hall–Kier alpha value is -0.590. The molecule has 1 aromatic rings. The van der Waals surface area contributed by atoms with E-state index in [1.165, 1.54) is 12.1 Å². The van der Waals surface area contributed by atoms with Crippen molar-refractivity contribution in [1.82, 2.24) is 10.2 Å². The van der Waals surface area contributed by atoms with E-state index in [1.54, 1.807) is 11.0 Å². The van der Waals surface area contributed by atoms with Crippen LogP contribution in [0.2, 0.25) is 0 Å². The molecule has 1 fully saturated rings. The minimum Gasteiger partial charge on any atom is -0.314 e. The second kappa shape index (κ2) is 6.04. The van der Waals surface area contributed by atoms with Gasteiger partial charge in [0.15, 0.2) is 0 Å². The highest BCUT2D eigenvalue weighted by Gasteiger charge is 2.30. The van der Waals surface area contributed by atoms with E-state index >= 15 is 0 Å². The standard InChI is InChI=1S/C12H14BrF3N2/c13-9-5-8(6-10(14)7-9)11(12(15)16)18-3-1-17-2-4-18/h5-7,11-12,17H,1-4H2/t11-/m0/s1. The maximum absolute atomic E-state index is 13.3. The van der Waals surface area contributed by atoms with Gasteiger partial charge in [0.1, 0.15) is 5.82 Å². The van der Waals surface area contributed by atoms with Gasteiger partial charge in [-0.3, -0.25) is 4.90 Å². The van der Waals surface area contributed by atoms with Crippen molar-refractivity contribution >= 4 is 15.9 Å². The van der Waals surface area contributed by atoms with Crippen molar-refractivity contribution in [3.63, 3.8) is 0 Å². The first-order valence-corrected chi connectivity index (χ1v) is 6.56. The minimum absolute atomic E-state index is 0.318. The highest BCUT2D eigenvalue weighted by atomic mass is 79.9. The number of hydrogen-bond acceptors (Lipinski definition) is 2. The minimum atomic E-state index is -2.53. The summed E-state index contributed by atoms with van der Waals surface area (Å²) < 4.78 is 40.3. The summed E-state index contributed by atoms with van der Waals surface area (Å²) in [5, 5.41) is 3.11. The third-order valence-electron chi connectivity index (χ3n) is 3.01. The van der Waals surface area contributed by atoms with E-state index in [2.05, 4.69) is 21.2 Å². The molecule has 0 bridgehead atoms. The number of rotatable bonds is 3. The lowest BCUT2D eigenvalue weighted by Crippen LogP contribution is -2.46. The summed E-state index contributed by atoms with van der Waals surface area (Å²) in [6.07, 6.45) is -2.53. The van der Waals surface area contributed by atoms with Gasteiger partial charge in [0, 0.05) is 30.7 Å². The molecular formula is C12H14BrF3N2. The van der Waals surface area contributed by atoms with Crippen LogP contribution in [0.25, 0.3) is 0 Å². The fourth-order valence-electron chi connectivity index (χ4n) is 2.22. The Labute approximate surface area is 112 Å². The summed E-state index contributed by atoms with van der Waals surface area (Å²) in [7, 11) is 0. The lowest BCUT2D eigenvalue weighted by atomic mass is 10.0. The van der Waals surface area contributed by atoms with Gasteiger partial charge in [-0.15, -0.1) is 0 Å². The molecule has 1 aliphatic rings. The first-order valence-electron chi connectivity index (χ1n) is 5.77. The second-order valence-electron chi connectivity index (χ2n) is 4.27. The van der Waals surface area contributed by atoms with Crippen molar-refractivity contribution in [2.45, 2.75) is 12.5 Å². The Morgan fingerprint density at radius 2 is 1.83 bits per heavy atom. The fraction of sp³-hybridized carbons (Fsp3) is 0.500. The van der Waals surface area contributed by atoms with Crippen molar-refractivity contribution < 1.29 is 13.2 Å². The normalized spacial score (nSPS) is 19.2. The van der Waals surface area contributed by atoms with Crippen LogP contribution in [0.15, 0.2) is 22.7 Å². The van der Waals surface area contributed by atoms with Crippen LogP contribution in [0.1, 0.15) is 11.6 Å². The smallest absolute Gasteiger partial charge is 0.258 e. The predicted octanol–water partition coefficient (Wildman–Crippen LogP) is 2.80. The number of nitrogens with one attached hydrogen (secondary N) is 1. The van der Waals surface area contributed by atoms with E-state index in [4.69, 9.17) is 0 Å². The van der Waals surface area contributed by atoms with Crippen molar-refractivity contribution in [3.05, 3.63) is 34.1 Å². The van der Waals surface area contributed by atoms with E-state index < -0.39 is 18.3 Å². The van der Waals surface area contributed by atoms with Gasteiger partial charge >= 0.3 is 0 Å². The zero-order valence-electron chi connectivity index (χ0n) is 9.67. The van der Waals surface area contributed by atoms with E-state index in [1.807, 2.05) is 0 Å². The molecule has 0 unspecified atom stereocenters. The van der Waals surface area contributed by atoms with Gasteiger partial charge < -0.3 is 5.32 Å². The molecule has 1 saturated heterocycles. The van der Waals surface area contributed by atoms with Gasteiger partial charge in [-0.25, -0.2) is 13.2 Å². The van der Waals surface area contributed by atoms with E-state index in [9.17, 15) is 13.2 Å². The van der Waals surface area contributed by atoms with Crippen molar-refractivity contribution in [3.8, 4) is 0 Å². The van der Waals surface area contributed by atoms with Crippen LogP contribution in [0.4, 0.5) is 13.2 Å². The first-order chi connectivity index (χ1) is 8.58. The molecule has 0 radical (unpaired) electrons. The van der Waals surface area contributed by atoms with E-state index in [0.717, 1.165) is 0 Å². The van der Waals surface area contributed by atoms with Gasteiger partial charge in [0.05, 0.1) is 6.04 Å². The average Bonchev–Trinajstić information content (AvgIpc) is 2.28. The molecule has 1 N–H and O–H groups in total. The Morgan fingerprint density at radius 1 is 1.17 bits per heavy atom. The average molecular weight is 323 g/mol. The SMILES string of the molecule is Fc1cc(Br)cc([C@@H](C(F)F)N2CCNCC2)c1. The summed E-state index contributed by atoms with van der Waals surface area (Å²) in [5.41, 5.74) is 0.318. The largest absolute Gasteiger partial charge is 0.314 e. The molecule has 0 amide bonds. The summed E-state index contributed by atoms with van der Waals surface area (Å²) in [4.78, 5) is 1.70. The van der Waals surface area contributed by atoms with Crippen LogP contribution in [-0.2, 0) is 0 Å². The molecule has 2 rings (SSSR count). The van der Waals surface area contributed by atoms with Gasteiger partial charge in [-0.05, 0) is 23.8 Å². The number of hydrogen-bond donors (Lipinski definition) is 1. The quantitative estimate of drug-likeness (QED) is 0.920. The topological polar surface area (TPSA) is 15.3 Å². The van der Waals surface area contributed by atoms with Gasteiger partial charge in [0.25, 0.3) is 6.43 Å². The van der Waals surface area contributed by atoms with Crippen molar-refractivity contribution in [1.29, 1.82) is 0 Å². The number of alkyl halides is 2. The lowest BCUT2D eigenvalue weighted by molar-refractivity contribution is 0.0180. The fourth-order valence-corrected chi connectivity index (χ4v) is 2.70. The Morgan fingerprint density at radius 3 is 2.39 bits per heavy atom. The Bertz CT molecular complexity index is 388. The zero-order valence-corrected chi connectivity index (χ0v) is 11.3. The highest BCUT2D eigenvalue weighted by molar-refractivity contribution is 9.10. The Balaban J connectivity index is 2.28. The molecule has 0 saturated carbocycles. The number of benzene rings is 1. The number of nitrogens with zero attached hydrogens (tertiary/aromatic N) is 1. The Kier molecular flexibility index (Phi) is 4.64. The van der Waals surface area contributed by atoms with E-state index in [0.29, 0.717) is 36.2 Å². The molecule has 1 aliphatic heterocycles. The highest BCUT2D eigenvalue weighted by Crippen LogP contribution is 2.30. The number of halogens is 4. The summed E-state index contributed by atoms with van der Waals surface area (Å²) in [5.74, 6) is -0.500. The third kappa shape index (κ3) is 3.24. The molecule has 18 heavy (non-hydrogen) atoms. The van der Waals surface area contributed by atoms with Crippen LogP contribution in [0.5, 0.6) is 0 Å². The molecule has 100 valence electrons. The van der Waals surface area contributed by atoms with Crippen molar-refractivity contribution in [2.75, 3.05) is 26.2 Å². The number of piperazine rings is 1. The predicted molar refractivity (Wildman–Crippen MR) is 67.3 cm³/mol. The second-order valence-corrected chi connectivity index (χ2v) is 5.18. The van der Waals surface area contributed by atoms with E-state index in [-0.39, 0.29) is 0 Å². The van der Waals surface area contributed by atoms with Crippen LogP contribution in [0, 0.1) is 5.82 Å². The maximum atomic E-state index is 13.3. The molecule has 1 aromatic carbocycles. The van der Waals surface area contributed by atoms with Gasteiger partial charge in [-0.2, -0.15) is 0 Å². The first kappa shape index (κ1) is 13.8. The zero-order chi connectivity index (χ0) is 13.1. The monoisotopic (exact) mass is 322 g/mol. The molecule has 1 atom stereocenters. The summed E-state index contributed by atoms with van der Waals surface area (Å²) in [6.45, 7) is 2.45. The van der Waals surface area contributed by atoms with Crippen molar-refractivity contribution in [2.24, 2.45) is 0 Å². The van der Waals surface area contributed by atoms with Crippen LogP contribution in [-0.4, -0.2) is 37.5 Å². The van der Waals surface area contributed by atoms with Gasteiger partial charge in [-0.1, -0.05) is 15.9 Å². The van der Waals surface area contributed by atoms with Crippen LogP contribution >= 0.6 is 15.9 Å². The molecule has 0 spiro atoms. The molecule has 6 heteroatoms. The molecule has 1 heterocycles. The summed E-state index contributed by atoms with van der Waals surface area (Å²) in [6, 6.07) is 2.97. The summed E-state index contributed by atoms with van der Waals surface area (Å²) >= 11 is 3.14. The van der Waals surface area contributed by atoms with Crippen LogP contribution in [0.3, 0.4) is 0 Å². The molecule has 0 aliphatic carbocycles. The van der Waals surface area contributed by atoms with Crippen LogP contribution < -0.4 is 5.32 Å². The third-order valence-corrected chi connectivity index (χ3v) is 3.47. The molecular weight excluding hydrogens is 309 g/mol. The molecule has 0 aromatic heterocycles.